The number of esters is 2. The van der Waals surface area contributed by atoms with Crippen molar-refractivity contribution >= 4 is 17.8 Å². The van der Waals surface area contributed by atoms with Crippen molar-refractivity contribution in [3.63, 3.8) is 0 Å². The average Bonchev–Trinajstić information content (AvgIpc) is 3.14. The average molecular weight is 749 g/mol. The summed E-state index contributed by atoms with van der Waals surface area (Å²) in [6.45, 7) is 8.44. The summed E-state index contributed by atoms with van der Waals surface area (Å²) in [6.07, 6.45) is 37.8. The summed E-state index contributed by atoms with van der Waals surface area (Å²) in [5.74, 6) is -1.77. The lowest BCUT2D eigenvalue weighted by molar-refractivity contribution is -0.176. The first-order chi connectivity index (χ1) is 25.8. The van der Waals surface area contributed by atoms with Gasteiger partial charge in [0, 0.05) is 19.4 Å². The van der Waals surface area contributed by atoms with Crippen molar-refractivity contribution in [3.05, 3.63) is 24.3 Å². The summed E-state index contributed by atoms with van der Waals surface area (Å²) in [4.78, 5) is 40.1. The van der Waals surface area contributed by atoms with Crippen LogP contribution in [-0.4, -0.2) is 68.3 Å². The Bertz CT molecular complexity index is 907. The fourth-order valence-electron chi connectivity index (χ4n) is 6.19. The van der Waals surface area contributed by atoms with E-state index in [9.17, 15) is 14.4 Å². The third kappa shape index (κ3) is 35.3. The van der Waals surface area contributed by atoms with Crippen LogP contribution in [0.2, 0.25) is 0 Å². The van der Waals surface area contributed by atoms with Gasteiger partial charge in [-0.2, -0.15) is 0 Å². The summed E-state index contributed by atoms with van der Waals surface area (Å²) >= 11 is 0. The first-order valence-corrected chi connectivity index (χ1v) is 22.1. The van der Waals surface area contributed by atoms with Gasteiger partial charge in [0.25, 0.3) is 5.91 Å². The Labute approximate surface area is 326 Å². The Hall–Kier alpha value is -2.19. The highest BCUT2D eigenvalue weighted by molar-refractivity contribution is 5.83. The molecule has 0 fully saturated rings. The van der Waals surface area contributed by atoms with Crippen LogP contribution in [0.4, 0.5) is 0 Å². The number of unbranched alkanes of at least 4 members (excludes halogenated alkanes) is 22. The molecule has 0 aromatic heterocycles. The monoisotopic (exact) mass is 749 g/mol. The molecule has 53 heavy (non-hydrogen) atoms. The number of allylic oxidation sites excluding steroid dienone is 4. The second-order valence-electron chi connectivity index (χ2n) is 15.0. The maximum absolute atomic E-state index is 12.8. The van der Waals surface area contributed by atoms with Crippen LogP contribution < -0.4 is 5.73 Å². The van der Waals surface area contributed by atoms with Crippen LogP contribution in [0.3, 0.4) is 0 Å². The Balaban J connectivity index is 4.45. The molecule has 0 aromatic carbocycles. The van der Waals surface area contributed by atoms with Gasteiger partial charge in [0.1, 0.15) is 0 Å². The molecule has 0 aliphatic rings. The number of likely N-dealkylation sites (N-methyl/N-ethyl adjacent to an activating group) is 1. The number of ether oxygens (including phenoxy) is 3. The van der Waals surface area contributed by atoms with Crippen LogP contribution in [0.1, 0.15) is 201 Å². The first kappa shape index (κ1) is 50.8. The van der Waals surface area contributed by atoms with Gasteiger partial charge in [-0.3, -0.25) is 14.4 Å². The summed E-state index contributed by atoms with van der Waals surface area (Å²) in [7, 11) is 1.98. The lowest BCUT2D eigenvalue weighted by atomic mass is 10.1. The van der Waals surface area contributed by atoms with Gasteiger partial charge >= 0.3 is 11.9 Å². The molecule has 0 rings (SSSR count). The Morgan fingerprint density at radius 1 is 0.547 bits per heavy atom. The Kier molecular flexibility index (Phi) is 37.9. The number of hydrogen-bond donors (Lipinski definition) is 1. The summed E-state index contributed by atoms with van der Waals surface area (Å²) in [5.41, 5.74) is 5.68. The van der Waals surface area contributed by atoms with Crippen molar-refractivity contribution in [1.82, 2.24) is 4.90 Å². The number of nitrogens with two attached hydrogens (primary N) is 1. The molecule has 0 aliphatic carbocycles. The molecule has 0 bridgehead atoms. The molecule has 0 spiro atoms. The van der Waals surface area contributed by atoms with E-state index in [-0.39, 0.29) is 19.4 Å². The highest BCUT2D eigenvalue weighted by Crippen LogP contribution is 2.15. The third-order valence-corrected chi connectivity index (χ3v) is 9.88. The predicted molar refractivity (Wildman–Crippen MR) is 222 cm³/mol. The van der Waals surface area contributed by atoms with Crippen LogP contribution in [0.5, 0.6) is 0 Å². The smallest absolute Gasteiger partial charge is 0.306 e. The van der Waals surface area contributed by atoms with Crippen LogP contribution >= 0.6 is 0 Å². The first-order valence-electron chi connectivity index (χ1n) is 22.1. The van der Waals surface area contributed by atoms with Crippen LogP contribution in [0.25, 0.3) is 0 Å². The van der Waals surface area contributed by atoms with Gasteiger partial charge < -0.3 is 24.8 Å². The van der Waals surface area contributed by atoms with E-state index in [1.165, 1.54) is 89.9 Å². The zero-order valence-electron chi connectivity index (χ0n) is 35.1. The van der Waals surface area contributed by atoms with Crippen LogP contribution in [0.15, 0.2) is 24.3 Å². The van der Waals surface area contributed by atoms with Gasteiger partial charge in [0.15, 0.2) is 6.10 Å². The van der Waals surface area contributed by atoms with Crippen molar-refractivity contribution in [2.45, 2.75) is 213 Å². The number of rotatable bonds is 40. The third-order valence-electron chi connectivity index (χ3n) is 9.88. The lowest BCUT2D eigenvalue weighted by Crippen LogP contribution is -2.47. The van der Waals surface area contributed by atoms with E-state index in [1.807, 2.05) is 7.05 Å². The molecule has 1 amide bonds. The molecule has 0 saturated heterocycles. The maximum Gasteiger partial charge on any atom is 0.306 e. The number of amides is 1. The minimum atomic E-state index is -1.38. The molecule has 0 saturated carbocycles. The summed E-state index contributed by atoms with van der Waals surface area (Å²) in [6, 6.07) is 0. The highest BCUT2D eigenvalue weighted by Gasteiger charge is 2.33. The second-order valence-corrected chi connectivity index (χ2v) is 15.0. The minimum absolute atomic E-state index is 0.0655. The van der Waals surface area contributed by atoms with Gasteiger partial charge in [-0.05, 0) is 77.8 Å². The number of carbonyl (C=O) groups excluding carboxylic acids is 3. The molecule has 0 heterocycles. The van der Waals surface area contributed by atoms with Gasteiger partial charge in [0.2, 0.25) is 6.10 Å². The largest absolute Gasteiger partial charge is 0.455 e. The van der Waals surface area contributed by atoms with Crippen molar-refractivity contribution in [2.75, 3.05) is 33.4 Å². The molecule has 310 valence electrons. The number of primary amides is 1. The van der Waals surface area contributed by atoms with Crippen molar-refractivity contribution in [2.24, 2.45) is 5.73 Å². The van der Waals surface area contributed by atoms with Gasteiger partial charge in [-0.1, -0.05) is 148 Å². The maximum atomic E-state index is 12.8. The molecule has 2 unspecified atom stereocenters. The van der Waals surface area contributed by atoms with E-state index in [1.54, 1.807) is 0 Å². The summed E-state index contributed by atoms with van der Waals surface area (Å²) in [5, 5.41) is 0. The zero-order valence-corrected chi connectivity index (χ0v) is 35.1. The quantitative estimate of drug-likeness (QED) is 0.0377. The van der Waals surface area contributed by atoms with E-state index in [0.29, 0.717) is 26.0 Å². The SMILES string of the molecule is CCCCCCCC/C=C\CCCCCCCC(=O)OC(COCCN(C)CC)C(OC(=O)CCCCCCC/C=C\CCCCCCCC)C(N)=O. The Morgan fingerprint density at radius 3 is 1.32 bits per heavy atom. The molecular formula is C45H84N2O6. The molecule has 0 aliphatic heterocycles. The van der Waals surface area contributed by atoms with E-state index >= 15 is 0 Å². The molecule has 2 atom stereocenters. The molecule has 0 radical (unpaired) electrons. The van der Waals surface area contributed by atoms with Gasteiger partial charge in [-0.15, -0.1) is 0 Å². The van der Waals surface area contributed by atoms with Crippen LogP contribution in [0, 0.1) is 0 Å². The minimum Gasteiger partial charge on any atom is -0.455 e. The van der Waals surface area contributed by atoms with Crippen molar-refractivity contribution in [3.8, 4) is 0 Å². The number of carbonyl (C=O) groups is 3. The van der Waals surface area contributed by atoms with Crippen LogP contribution in [-0.2, 0) is 28.6 Å². The van der Waals surface area contributed by atoms with Crippen molar-refractivity contribution < 1.29 is 28.6 Å². The van der Waals surface area contributed by atoms with E-state index in [2.05, 4.69) is 50.0 Å². The molecular weight excluding hydrogens is 665 g/mol. The topological polar surface area (TPSA) is 108 Å². The Morgan fingerprint density at radius 2 is 0.925 bits per heavy atom. The van der Waals surface area contributed by atoms with E-state index in [0.717, 1.165) is 70.8 Å². The standard InChI is InChI=1S/C45H84N2O6/c1-5-8-10-12-14-16-18-20-22-24-26-28-30-32-34-36-42(48)52-41(40-51-39-38-47(4)7-3)44(45(46)50)53-43(49)37-35-33-31-29-27-25-23-21-19-17-15-13-11-9-6-2/h20-23,41,44H,5-19,24-40H2,1-4H3,(H2,46,50)/b22-20-,23-21-. The lowest BCUT2D eigenvalue weighted by Gasteiger charge is -2.25. The van der Waals surface area contributed by atoms with Gasteiger partial charge in [0.05, 0.1) is 13.2 Å². The molecule has 2 N–H and O–H groups in total. The van der Waals surface area contributed by atoms with E-state index in [4.69, 9.17) is 19.9 Å². The zero-order chi connectivity index (χ0) is 39.0. The van der Waals surface area contributed by atoms with E-state index < -0.39 is 30.1 Å². The van der Waals surface area contributed by atoms with Crippen molar-refractivity contribution in [1.29, 1.82) is 0 Å². The molecule has 8 nitrogen and oxygen atoms in total. The molecule has 0 aromatic rings. The number of nitrogens with zero attached hydrogens (tertiary/aromatic N) is 1. The van der Waals surface area contributed by atoms with Gasteiger partial charge in [-0.25, -0.2) is 0 Å². The summed E-state index contributed by atoms with van der Waals surface area (Å²) < 4.78 is 17.0. The normalized spacial score (nSPS) is 12.9. The predicted octanol–water partition coefficient (Wildman–Crippen LogP) is 11.3. The fourth-order valence-corrected chi connectivity index (χ4v) is 6.19. The highest BCUT2D eigenvalue weighted by atomic mass is 16.6. The number of hydrogen-bond acceptors (Lipinski definition) is 7. The second kappa shape index (κ2) is 39.5. The molecule has 8 heteroatoms. The fraction of sp³-hybridized carbons (Fsp3) is 0.844.